The topological polar surface area (TPSA) is 87.2 Å². The van der Waals surface area contributed by atoms with E-state index in [1.807, 2.05) is 0 Å². The lowest BCUT2D eigenvalue weighted by Gasteiger charge is -2.30. The van der Waals surface area contributed by atoms with E-state index < -0.39 is 0 Å². The van der Waals surface area contributed by atoms with Crippen LogP contribution in [0.25, 0.3) is 0 Å². The Bertz CT molecular complexity index is 556. The van der Waals surface area contributed by atoms with Gasteiger partial charge in [-0.05, 0) is 25.2 Å². The number of amides is 2. The number of carbonyl (C=O) groups excluding carboxylic acids is 2. The zero-order chi connectivity index (χ0) is 16.2. The molecule has 3 heterocycles. The minimum atomic E-state index is -0.184. The fraction of sp³-hybridized carbons (Fsp3) is 0.625. The van der Waals surface area contributed by atoms with E-state index in [9.17, 15) is 9.59 Å². The number of nitrogens with one attached hydrogen (secondary N) is 2. The van der Waals surface area contributed by atoms with Crippen molar-refractivity contribution in [2.75, 3.05) is 29.9 Å². The Labute approximate surface area is 135 Å². The van der Waals surface area contributed by atoms with Gasteiger partial charge in [0, 0.05) is 26.1 Å². The summed E-state index contributed by atoms with van der Waals surface area (Å²) in [4.78, 5) is 34.2. The van der Waals surface area contributed by atoms with Gasteiger partial charge in [-0.15, -0.1) is 0 Å². The lowest BCUT2D eigenvalue weighted by atomic mass is 9.98. The number of anilines is 2. The van der Waals surface area contributed by atoms with Crippen LogP contribution in [0.15, 0.2) is 12.4 Å². The van der Waals surface area contributed by atoms with Crippen molar-refractivity contribution < 1.29 is 9.59 Å². The summed E-state index contributed by atoms with van der Waals surface area (Å²) in [5, 5.41) is 5.55. The van der Waals surface area contributed by atoms with E-state index in [0.717, 1.165) is 37.8 Å². The molecule has 124 valence electrons. The predicted octanol–water partition coefficient (Wildman–Crippen LogP) is 1.18. The average Bonchev–Trinajstić information content (AvgIpc) is 2.57. The van der Waals surface area contributed by atoms with Crippen molar-refractivity contribution in [3.8, 4) is 0 Å². The predicted molar refractivity (Wildman–Crippen MR) is 87.0 cm³/mol. The Balaban J connectivity index is 1.55. The molecule has 23 heavy (non-hydrogen) atoms. The Hall–Kier alpha value is -2.18. The van der Waals surface area contributed by atoms with Gasteiger partial charge in [0.25, 0.3) is 0 Å². The molecule has 1 atom stereocenters. The second-order valence-corrected chi connectivity index (χ2v) is 6.47. The molecular formula is C16H23N5O2. The van der Waals surface area contributed by atoms with Crippen LogP contribution < -0.4 is 15.5 Å². The molecule has 0 radical (unpaired) electrons. The molecule has 2 aliphatic heterocycles. The van der Waals surface area contributed by atoms with Crippen LogP contribution in [0.4, 0.5) is 11.6 Å². The molecule has 7 heteroatoms. The average molecular weight is 317 g/mol. The molecule has 0 spiro atoms. The van der Waals surface area contributed by atoms with Crippen molar-refractivity contribution in [2.45, 2.75) is 32.6 Å². The van der Waals surface area contributed by atoms with Gasteiger partial charge in [-0.2, -0.15) is 0 Å². The van der Waals surface area contributed by atoms with Crippen molar-refractivity contribution >= 4 is 23.5 Å². The first-order valence-electron chi connectivity index (χ1n) is 8.26. The highest BCUT2D eigenvalue weighted by molar-refractivity contribution is 5.93. The smallest absolute Gasteiger partial charge is 0.229 e. The van der Waals surface area contributed by atoms with Crippen molar-refractivity contribution in [1.82, 2.24) is 15.3 Å². The van der Waals surface area contributed by atoms with Gasteiger partial charge in [0.05, 0.1) is 24.0 Å². The van der Waals surface area contributed by atoms with Crippen LogP contribution in [0.5, 0.6) is 0 Å². The van der Waals surface area contributed by atoms with Gasteiger partial charge in [-0.25, -0.2) is 9.97 Å². The molecular weight excluding hydrogens is 294 g/mol. The van der Waals surface area contributed by atoms with Gasteiger partial charge in [-0.3, -0.25) is 9.59 Å². The summed E-state index contributed by atoms with van der Waals surface area (Å²) < 4.78 is 0. The SMILES string of the molecule is CC1CCN(c2ncc(NC(=O)C3CCC(=O)NC3)cn2)CC1. The van der Waals surface area contributed by atoms with Crippen LogP contribution in [0.3, 0.4) is 0 Å². The molecule has 7 nitrogen and oxygen atoms in total. The quantitative estimate of drug-likeness (QED) is 0.874. The van der Waals surface area contributed by atoms with Gasteiger partial charge >= 0.3 is 0 Å². The first kappa shape index (κ1) is 15.7. The van der Waals surface area contributed by atoms with E-state index >= 15 is 0 Å². The van der Waals surface area contributed by atoms with Crippen LogP contribution in [0.2, 0.25) is 0 Å². The molecule has 1 aromatic rings. The lowest BCUT2D eigenvalue weighted by molar-refractivity contribution is -0.126. The molecule has 2 aliphatic rings. The van der Waals surface area contributed by atoms with Gasteiger partial charge in [-0.1, -0.05) is 6.92 Å². The van der Waals surface area contributed by atoms with E-state index in [1.54, 1.807) is 12.4 Å². The highest BCUT2D eigenvalue weighted by Crippen LogP contribution is 2.20. The summed E-state index contributed by atoms with van der Waals surface area (Å²) in [6.07, 6.45) is 6.62. The number of rotatable bonds is 3. The van der Waals surface area contributed by atoms with Gasteiger partial charge < -0.3 is 15.5 Å². The Morgan fingerprint density at radius 1 is 1.26 bits per heavy atom. The minimum absolute atomic E-state index is 0.0117. The first-order chi connectivity index (χ1) is 11.1. The van der Waals surface area contributed by atoms with E-state index in [-0.39, 0.29) is 17.7 Å². The maximum Gasteiger partial charge on any atom is 0.229 e. The molecule has 0 saturated carbocycles. The summed E-state index contributed by atoms with van der Waals surface area (Å²) in [6.45, 7) is 4.63. The van der Waals surface area contributed by atoms with E-state index in [4.69, 9.17) is 0 Å². The molecule has 2 amide bonds. The second kappa shape index (κ2) is 6.93. The summed E-state index contributed by atoms with van der Waals surface area (Å²) in [5.74, 6) is 1.22. The molecule has 1 unspecified atom stereocenters. The second-order valence-electron chi connectivity index (χ2n) is 6.47. The van der Waals surface area contributed by atoms with Crippen molar-refractivity contribution in [3.05, 3.63) is 12.4 Å². The zero-order valence-electron chi connectivity index (χ0n) is 13.4. The highest BCUT2D eigenvalue weighted by atomic mass is 16.2. The molecule has 2 saturated heterocycles. The van der Waals surface area contributed by atoms with Crippen molar-refractivity contribution in [3.63, 3.8) is 0 Å². The Morgan fingerprint density at radius 2 is 1.96 bits per heavy atom. The van der Waals surface area contributed by atoms with Crippen LogP contribution in [-0.2, 0) is 9.59 Å². The van der Waals surface area contributed by atoms with E-state index in [2.05, 4.69) is 32.4 Å². The maximum atomic E-state index is 12.2. The van der Waals surface area contributed by atoms with Gasteiger partial charge in [0.1, 0.15) is 0 Å². The third-order valence-corrected chi connectivity index (χ3v) is 4.61. The largest absolute Gasteiger partial charge is 0.355 e. The van der Waals surface area contributed by atoms with Gasteiger partial charge in [0.15, 0.2) is 0 Å². The van der Waals surface area contributed by atoms with Crippen molar-refractivity contribution in [1.29, 1.82) is 0 Å². The number of aromatic nitrogens is 2. The Morgan fingerprint density at radius 3 is 2.57 bits per heavy atom. The summed E-state index contributed by atoms with van der Waals surface area (Å²) in [6, 6.07) is 0. The zero-order valence-corrected chi connectivity index (χ0v) is 13.4. The van der Waals surface area contributed by atoms with Crippen molar-refractivity contribution in [2.24, 2.45) is 11.8 Å². The summed E-state index contributed by atoms with van der Waals surface area (Å²) in [7, 11) is 0. The Kier molecular flexibility index (Phi) is 4.73. The lowest BCUT2D eigenvalue weighted by Crippen LogP contribution is -2.40. The van der Waals surface area contributed by atoms with E-state index in [1.165, 1.54) is 0 Å². The van der Waals surface area contributed by atoms with Gasteiger partial charge in [0.2, 0.25) is 17.8 Å². The normalized spacial score (nSPS) is 22.6. The number of hydrogen-bond donors (Lipinski definition) is 2. The monoisotopic (exact) mass is 317 g/mol. The van der Waals surface area contributed by atoms with Crippen LogP contribution in [-0.4, -0.2) is 41.4 Å². The summed E-state index contributed by atoms with van der Waals surface area (Å²) >= 11 is 0. The number of nitrogens with zero attached hydrogens (tertiary/aromatic N) is 3. The molecule has 2 N–H and O–H groups in total. The number of piperidine rings is 2. The molecule has 1 aromatic heterocycles. The standard InChI is InChI=1S/C16H23N5O2/c1-11-4-6-21(7-5-11)16-18-9-13(10-19-16)20-15(23)12-2-3-14(22)17-8-12/h9-12H,2-8H2,1H3,(H,17,22)(H,20,23). The third kappa shape index (κ3) is 3.97. The summed E-state index contributed by atoms with van der Waals surface area (Å²) in [5.41, 5.74) is 0.598. The first-order valence-corrected chi connectivity index (χ1v) is 8.26. The fourth-order valence-electron chi connectivity index (χ4n) is 2.96. The molecule has 0 bridgehead atoms. The number of carbonyl (C=O) groups is 2. The van der Waals surface area contributed by atoms with E-state index in [0.29, 0.717) is 25.1 Å². The third-order valence-electron chi connectivity index (χ3n) is 4.61. The van der Waals surface area contributed by atoms with Crippen LogP contribution in [0.1, 0.15) is 32.6 Å². The fourth-order valence-corrected chi connectivity index (χ4v) is 2.96. The molecule has 0 aromatic carbocycles. The maximum absolute atomic E-state index is 12.2. The minimum Gasteiger partial charge on any atom is -0.355 e. The molecule has 0 aliphatic carbocycles. The molecule has 3 rings (SSSR count). The van der Waals surface area contributed by atoms with Crippen LogP contribution >= 0.6 is 0 Å². The molecule has 2 fully saturated rings. The number of hydrogen-bond acceptors (Lipinski definition) is 5. The highest BCUT2D eigenvalue weighted by Gasteiger charge is 2.24. The van der Waals surface area contributed by atoms with Crippen LogP contribution in [0, 0.1) is 11.8 Å².